The Labute approximate surface area is 136 Å². The van der Waals surface area contributed by atoms with Crippen molar-refractivity contribution >= 4 is 11.6 Å². The Morgan fingerprint density at radius 3 is 2.48 bits per heavy atom. The molecule has 23 heavy (non-hydrogen) atoms. The number of para-hydroxylation sites is 3. The lowest BCUT2D eigenvalue weighted by Crippen LogP contribution is -2.16. The van der Waals surface area contributed by atoms with E-state index in [1.807, 2.05) is 38.1 Å². The van der Waals surface area contributed by atoms with Gasteiger partial charge in [0, 0.05) is 0 Å². The van der Waals surface area contributed by atoms with Crippen LogP contribution in [0, 0.1) is 0 Å². The standard InChI is InChI=1S/C19H21NO3/c1-4-13-22-18-12-8-6-10-16(18)20-19(21)15-9-5-7-11-17(15)23-14(2)3/h4-12,14H,1,13H2,2-3H3,(H,20,21). The molecular formula is C19H21NO3. The van der Waals surface area contributed by atoms with Gasteiger partial charge in [0.05, 0.1) is 17.4 Å². The third-order valence-electron chi connectivity index (χ3n) is 2.99. The van der Waals surface area contributed by atoms with E-state index in [1.54, 1.807) is 30.3 Å². The number of hydrogen-bond donors (Lipinski definition) is 1. The normalized spacial score (nSPS) is 10.2. The molecule has 2 rings (SSSR count). The SMILES string of the molecule is C=CCOc1ccccc1NC(=O)c1ccccc1OC(C)C. The van der Waals surface area contributed by atoms with Gasteiger partial charge in [0.1, 0.15) is 18.1 Å². The van der Waals surface area contributed by atoms with Gasteiger partial charge in [0.15, 0.2) is 0 Å². The molecule has 0 saturated heterocycles. The van der Waals surface area contributed by atoms with Crippen LogP contribution in [0.25, 0.3) is 0 Å². The minimum atomic E-state index is -0.240. The Bertz CT molecular complexity index is 680. The number of rotatable bonds is 7. The number of ether oxygens (including phenoxy) is 2. The van der Waals surface area contributed by atoms with Gasteiger partial charge in [-0.25, -0.2) is 0 Å². The van der Waals surface area contributed by atoms with Gasteiger partial charge in [0.25, 0.3) is 5.91 Å². The van der Waals surface area contributed by atoms with Crippen molar-refractivity contribution in [2.45, 2.75) is 20.0 Å². The van der Waals surface area contributed by atoms with Crippen molar-refractivity contribution in [3.63, 3.8) is 0 Å². The highest BCUT2D eigenvalue weighted by molar-refractivity contribution is 6.06. The van der Waals surface area contributed by atoms with Crippen molar-refractivity contribution in [3.05, 3.63) is 66.7 Å². The number of benzene rings is 2. The molecule has 1 N–H and O–H groups in total. The molecule has 0 aliphatic rings. The van der Waals surface area contributed by atoms with Crippen molar-refractivity contribution in [3.8, 4) is 11.5 Å². The van der Waals surface area contributed by atoms with Crippen molar-refractivity contribution in [2.75, 3.05) is 11.9 Å². The molecule has 0 heterocycles. The van der Waals surface area contributed by atoms with Gasteiger partial charge in [-0.05, 0) is 38.1 Å². The van der Waals surface area contributed by atoms with Crippen LogP contribution in [0.5, 0.6) is 11.5 Å². The molecular weight excluding hydrogens is 290 g/mol. The van der Waals surface area contributed by atoms with E-state index in [1.165, 1.54) is 0 Å². The summed E-state index contributed by atoms with van der Waals surface area (Å²) >= 11 is 0. The summed E-state index contributed by atoms with van der Waals surface area (Å²) in [6, 6.07) is 14.5. The fraction of sp³-hybridized carbons (Fsp3) is 0.211. The molecule has 0 radical (unpaired) electrons. The van der Waals surface area contributed by atoms with Crippen molar-refractivity contribution in [1.29, 1.82) is 0 Å². The van der Waals surface area contributed by atoms with Crippen LogP contribution in [-0.2, 0) is 0 Å². The van der Waals surface area contributed by atoms with Crippen LogP contribution in [0.4, 0.5) is 5.69 Å². The Balaban J connectivity index is 2.21. The van der Waals surface area contributed by atoms with Crippen LogP contribution >= 0.6 is 0 Å². The van der Waals surface area contributed by atoms with E-state index in [2.05, 4.69) is 11.9 Å². The summed E-state index contributed by atoms with van der Waals surface area (Å²) in [7, 11) is 0. The second kappa shape index (κ2) is 8.03. The summed E-state index contributed by atoms with van der Waals surface area (Å²) in [6.45, 7) is 7.85. The molecule has 0 aromatic heterocycles. The van der Waals surface area contributed by atoms with Gasteiger partial charge in [-0.1, -0.05) is 36.9 Å². The maximum absolute atomic E-state index is 12.6. The minimum absolute atomic E-state index is 0.00726. The summed E-state index contributed by atoms with van der Waals surface area (Å²) in [6.07, 6.45) is 1.65. The fourth-order valence-electron chi connectivity index (χ4n) is 2.05. The highest BCUT2D eigenvalue weighted by atomic mass is 16.5. The number of carbonyl (C=O) groups is 1. The highest BCUT2D eigenvalue weighted by Crippen LogP contribution is 2.26. The summed E-state index contributed by atoms with van der Waals surface area (Å²) < 4.78 is 11.2. The Morgan fingerprint density at radius 1 is 1.13 bits per heavy atom. The van der Waals surface area contributed by atoms with Crippen LogP contribution in [-0.4, -0.2) is 18.6 Å². The lowest BCUT2D eigenvalue weighted by molar-refractivity contribution is 0.102. The predicted octanol–water partition coefficient (Wildman–Crippen LogP) is 4.29. The fourth-order valence-corrected chi connectivity index (χ4v) is 2.05. The van der Waals surface area contributed by atoms with Crippen molar-refractivity contribution in [2.24, 2.45) is 0 Å². The molecule has 2 aromatic carbocycles. The topological polar surface area (TPSA) is 47.6 Å². The first-order valence-electron chi connectivity index (χ1n) is 7.51. The van der Waals surface area contributed by atoms with E-state index >= 15 is 0 Å². The molecule has 0 bridgehead atoms. The van der Waals surface area contributed by atoms with Gasteiger partial charge in [-0.2, -0.15) is 0 Å². The van der Waals surface area contributed by atoms with Crippen molar-refractivity contribution in [1.82, 2.24) is 0 Å². The van der Waals surface area contributed by atoms with Crippen LogP contribution in [0.15, 0.2) is 61.2 Å². The lowest BCUT2D eigenvalue weighted by atomic mass is 10.1. The predicted molar refractivity (Wildman–Crippen MR) is 92.3 cm³/mol. The molecule has 4 nitrogen and oxygen atoms in total. The molecule has 0 saturated carbocycles. The second-order valence-electron chi connectivity index (χ2n) is 5.21. The van der Waals surface area contributed by atoms with E-state index in [0.717, 1.165) is 0 Å². The second-order valence-corrected chi connectivity index (χ2v) is 5.21. The number of amides is 1. The molecule has 0 aliphatic heterocycles. The summed E-state index contributed by atoms with van der Waals surface area (Å²) in [5, 5.41) is 2.87. The first-order valence-corrected chi connectivity index (χ1v) is 7.51. The van der Waals surface area contributed by atoms with E-state index in [-0.39, 0.29) is 12.0 Å². The first-order chi connectivity index (χ1) is 11.1. The molecule has 0 fully saturated rings. The molecule has 2 aromatic rings. The van der Waals surface area contributed by atoms with E-state index < -0.39 is 0 Å². The summed E-state index contributed by atoms with van der Waals surface area (Å²) in [5.41, 5.74) is 1.10. The molecule has 0 unspecified atom stereocenters. The maximum atomic E-state index is 12.6. The molecule has 0 aliphatic carbocycles. The van der Waals surface area contributed by atoms with Crippen LogP contribution < -0.4 is 14.8 Å². The lowest BCUT2D eigenvalue weighted by Gasteiger charge is -2.15. The average molecular weight is 311 g/mol. The van der Waals surface area contributed by atoms with Crippen LogP contribution in [0.1, 0.15) is 24.2 Å². The summed E-state index contributed by atoms with van der Waals surface area (Å²) in [4.78, 5) is 12.6. The molecule has 120 valence electrons. The highest BCUT2D eigenvalue weighted by Gasteiger charge is 2.15. The Hall–Kier alpha value is -2.75. The quantitative estimate of drug-likeness (QED) is 0.776. The summed E-state index contributed by atoms with van der Waals surface area (Å²) in [5.74, 6) is 0.920. The van der Waals surface area contributed by atoms with Crippen LogP contribution in [0.3, 0.4) is 0 Å². The Morgan fingerprint density at radius 2 is 1.78 bits per heavy atom. The maximum Gasteiger partial charge on any atom is 0.259 e. The molecule has 0 spiro atoms. The zero-order chi connectivity index (χ0) is 16.7. The zero-order valence-corrected chi connectivity index (χ0v) is 13.4. The number of hydrogen-bond acceptors (Lipinski definition) is 3. The Kier molecular flexibility index (Phi) is 5.80. The number of carbonyl (C=O) groups excluding carboxylic acids is 1. The monoisotopic (exact) mass is 311 g/mol. The van der Waals surface area contributed by atoms with Crippen molar-refractivity contribution < 1.29 is 14.3 Å². The van der Waals surface area contributed by atoms with Gasteiger partial charge < -0.3 is 14.8 Å². The largest absolute Gasteiger partial charge is 0.490 e. The molecule has 1 amide bonds. The van der Waals surface area contributed by atoms with Gasteiger partial charge >= 0.3 is 0 Å². The van der Waals surface area contributed by atoms with E-state index in [9.17, 15) is 4.79 Å². The number of nitrogens with one attached hydrogen (secondary N) is 1. The molecule has 4 heteroatoms. The number of anilines is 1. The minimum Gasteiger partial charge on any atom is -0.490 e. The third-order valence-corrected chi connectivity index (χ3v) is 2.99. The molecule has 0 atom stereocenters. The van der Waals surface area contributed by atoms with Gasteiger partial charge in [0.2, 0.25) is 0 Å². The first kappa shape index (κ1) is 16.6. The zero-order valence-electron chi connectivity index (χ0n) is 13.4. The van der Waals surface area contributed by atoms with E-state index in [0.29, 0.717) is 29.4 Å². The van der Waals surface area contributed by atoms with Gasteiger partial charge in [-0.3, -0.25) is 4.79 Å². The van der Waals surface area contributed by atoms with Gasteiger partial charge in [-0.15, -0.1) is 0 Å². The average Bonchev–Trinajstić information content (AvgIpc) is 2.54. The van der Waals surface area contributed by atoms with E-state index in [4.69, 9.17) is 9.47 Å². The smallest absolute Gasteiger partial charge is 0.259 e. The van der Waals surface area contributed by atoms with Crippen LogP contribution in [0.2, 0.25) is 0 Å². The third kappa shape index (κ3) is 4.61.